The fourth-order valence-electron chi connectivity index (χ4n) is 3.61. The molecule has 1 aliphatic carbocycles. The lowest BCUT2D eigenvalue weighted by Crippen LogP contribution is -2.30. The van der Waals surface area contributed by atoms with Crippen LogP contribution in [0.1, 0.15) is 12.5 Å². The Hall–Kier alpha value is -3.54. The highest BCUT2D eigenvalue weighted by Gasteiger charge is 2.29. The summed E-state index contributed by atoms with van der Waals surface area (Å²) in [5.74, 6) is -0.941. The number of amides is 4. The second-order valence-electron chi connectivity index (χ2n) is 7.03. The molecule has 4 amide bonds. The number of allylic oxidation sites excluding steroid dienone is 3. The molecular weight excluding hydrogens is 356 g/mol. The Morgan fingerprint density at radius 2 is 1.29 bits per heavy atom. The van der Waals surface area contributed by atoms with Crippen molar-refractivity contribution in [2.24, 2.45) is 11.8 Å². The highest BCUT2D eigenvalue weighted by atomic mass is 16.2. The average Bonchev–Trinajstić information content (AvgIpc) is 3.19. The first-order valence-corrected chi connectivity index (χ1v) is 9.05. The number of rotatable bonds is 4. The summed E-state index contributed by atoms with van der Waals surface area (Å²) < 4.78 is 0. The van der Waals surface area contributed by atoms with Crippen LogP contribution in [0.25, 0.3) is 0 Å². The summed E-state index contributed by atoms with van der Waals surface area (Å²) in [6, 6.07) is 7.35. The van der Waals surface area contributed by atoms with Crippen molar-refractivity contribution in [3.05, 3.63) is 78.1 Å². The predicted molar refractivity (Wildman–Crippen MR) is 103 cm³/mol. The van der Waals surface area contributed by atoms with Gasteiger partial charge in [-0.3, -0.25) is 19.2 Å². The summed E-state index contributed by atoms with van der Waals surface area (Å²) in [5, 5.41) is 0. The van der Waals surface area contributed by atoms with Crippen molar-refractivity contribution >= 4 is 29.3 Å². The lowest BCUT2D eigenvalue weighted by Gasteiger charge is -2.26. The number of imide groups is 2. The number of hydrogen-bond acceptors (Lipinski definition) is 4. The number of anilines is 1. The third kappa shape index (κ3) is 3.13. The van der Waals surface area contributed by atoms with Crippen molar-refractivity contribution in [2.75, 3.05) is 4.90 Å². The maximum Gasteiger partial charge on any atom is 0.258 e. The van der Waals surface area contributed by atoms with E-state index in [-0.39, 0.29) is 35.5 Å². The average molecular weight is 374 g/mol. The molecule has 140 valence electrons. The van der Waals surface area contributed by atoms with Gasteiger partial charge in [0.05, 0.1) is 5.69 Å². The topological polar surface area (TPSA) is 74.8 Å². The van der Waals surface area contributed by atoms with E-state index in [1.165, 1.54) is 29.2 Å². The van der Waals surface area contributed by atoms with Crippen molar-refractivity contribution in [1.29, 1.82) is 0 Å². The summed E-state index contributed by atoms with van der Waals surface area (Å²) in [4.78, 5) is 49.5. The van der Waals surface area contributed by atoms with Gasteiger partial charge in [0.2, 0.25) is 0 Å². The largest absolute Gasteiger partial charge is 0.269 e. The number of carbonyl (C=O) groups is 4. The molecule has 2 atom stereocenters. The van der Waals surface area contributed by atoms with Crippen molar-refractivity contribution in [2.45, 2.75) is 13.3 Å². The van der Waals surface area contributed by atoms with Crippen LogP contribution in [-0.2, 0) is 25.6 Å². The lowest BCUT2D eigenvalue weighted by atomic mass is 9.84. The maximum atomic E-state index is 11.8. The van der Waals surface area contributed by atoms with Gasteiger partial charge in [0.15, 0.2) is 0 Å². The maximum absolute atomic E-state index is 11.8. The van der Waals surface area contributed by atoms with Crippen molar-refractivity contribution in [3.63, 3.8) is 0 Å². The van der Waals surface area contributed by atoms with Gasteiger partial charge in [0.1, 0.15) is 0 Å². The van der Waals surface area contributed by atoms with E-state index < -0.39 is 0 Å². The SMILES string of the molecule is CC1C=C(N2C(=O)C=CC2=O)C=CC1Cc1ccc(N2C(=O)C=CC2=O)cc1. The molecule has 3 aliphatic rings. The molecule has 0 spiro atoms. The van der Waals surface area contributed by atoms with E-state index in [9.17, 15) is 19.2 Å². The Morgan fingerprint density at radius 3 is 1.82 bits per heavy atom. The van der Waals surface area contributed by atoms with Gasteiger partial charge >= 0.3 is 0 Å². The molecule has 0 radical (unpaired) electrons. The standard InChI is InChI=1S/C22H18N2O4/c1-14-12-18(24-21(27)10-11-22(24)28)7-4-16(14)13-15-2-5-17(6-3-15)23-19(25)8-9-20(23)26/h2-12,14,16H,13H2,1H3. The van der Waals surface area contributed by atoms with Gasteiger partial charge in [0.25, 0.3) is 23.6 Å². The number of nitrogens with zero attached hydrogens (tertiary/aromatic N) is 2. The quantitative estimate of drug-likeness (QED) is 0.758. The summed E-state index contributed by atoms with van der Waals surface area (Å²) in [6.45, 7) is 2.05. The van der Waals surface area contributed by atoms with Crippen LogP contribution in [0.3, 0.4) is 0 Å². The van der Waals surface area contributed by atoms with Crippen molar-refractivity contribution < 1.29 is 19.2 Å². The molecule has 4 rings (SSSR count). The molecule has 0 aromatic heterocycles. The summed E-state index contributed by atoms with van der Waals surface area (Å²) in [6.07, 6.45) is 11.6. The normalized spacial score (nSPS) is 24.0. The predicted octanol–water partition coefficient (Wildman–Crippen LogP) is 2.29. The molecule has 2 aliphatic heterocycles. The minimum absolute atomic E-state index is 0.145. The molecule has 6 nitrogen and oxygen atoms in total. The van der Waals surface area contributed by atoms with E-state index in [2.05, 4.69) is 0 Å². The van der Waals surface area contributed by atoms with Gasteiger partial charge in [-0.25, -0.2) is 9.80 Å². The fourth-order valence-corrected chi connectivity index (χ4v) is 3.61. The van der Waals surface area contributed by atoms with E-state index in [0.717, 1.165) is 16.9 Å². The third-order valence-electron chi connectivity index (χ3n) is 5.17. The summed E-state index contributed by atoms with van der Waals surface area (Å²) in [7, 11) is 0. The molecular formula is C22H18N2O4. The zero-order valence-electron chi connectivity index (χ0n) is 15.2. The molecule has 2 heterocycles. The van der Waals surface area contributed by atoms with Gasteiger partial charge in [0, 0.05) is 30.0 Å². The highest BCUT2D eigenvalue weighted by molar-refractivity contribution is 6.28. The van der Waals surface area contributed by atoms with Gasteiger partial charge in [-0.1, -0.05) is 31.2 Å². The number of hydrogen-bond donors (Lipinski definition) is 0. The van der Waals surface area contributed by atoms with Crippen LogP contribution in [0.15, 0.2) is 72.5 Å². The van der Waals surface area contributed by atoms with E-state index >= 15 is 0 Å². The van der Waals surface area contributed by atoms with Crippen molar-refractivity contribution in [3.8, 4) is 0 Å². The van der Waals surface area contributed by atoms with E-state index in [0.29, 0.717) is 11.4 Å². The second kappa shape index (κ2) is 6.88. The number of carbonyl (C=O) groups excluding carboxylic acids is 4. The Morgan fingerprint density at radius 1 is 0.750 bits per heavy atom. The van der Waals surface area contributed by atoms with Gasteiger partial charge in [-0.05, 0) is 42.0 Å². The smallest absolute Gasteiger partial charge is 0.258 e. The van der Waals surface area contributed by atoms with Crippen LogP contribution in [0.5, 0.6) is 0 Å². The van der Waals surface area contributed by atoms with Gasteiger partial charge in [-0.2, -0.15) is 0 Å². The zero-order chi connectivity index (χ0) is 19.8. The first kappa shape index (κ1) is 17.9. The Balaban J connectivity index is 1.44. The van der Waals surface area contributed by atoms with Crippen LogP contribution < -0.4 is 4.90 Å². The molecule has 1 aromatic carbocycles. The van der Waals surface area contributed by atoms with Crippen LogP contribution in [0.2, 0.25) is 0 Å². The second-order valence-corrected chi connectivity index (χ2v) is 7.03. The van der Waals surface area contributed by atoms with Crippen molar-refractivity contribution in [1.82, 2.24) is 4.90 Å². The molecule has 28 heavy (non-hydrogen) atoms. The first-order valence-electron chi connectivity index (χ1n) is 9.05. The van der Waals surface area contributed by atoms with Crippen LogP contribution >= 0.6 is 0 Å². The Kier molecular flexibility index (Phi) is 4.39. The molecule has 0 saturated carbocycles. The van der Waals surface area contributed by atoms with Gasteiger partial charge in [-0.15, -0.1) is 0 Å². The molecule has 6 heteroatoms. The zero-order valence-corrected chi connectivity index (χ0v) is 15.2. The molecule has 0 bridgehead atoms. The monoisotopic (exact) mass is 374 g/mol. The van der Waals surface area contributed by atoms with Crippen LogP contribution in [0.4, 0.5) is 5.69 Å². The molecule has 2 unspecified atom stereocenters. The van der Waals surface area contributed by atoms with E-state index in [4.69, 9.17) is 0 Å². The Bertz CT molecular complexity index is 962. The van der Waals surface area contributed by atoms with Crippen LogP contribution in [-0.4, -0.2) is 28.5 Å². The van der Waals surface area contributed by atoms with Crippen LogP contribution in [0, 0.1) is 11.8 Å². The summed E-state index contributed by atoms with van der Waals surface area (Å²) in [5.41, 5.74) is 2.23. The molecule has 0 N–H and O–H groups in total. The van der Waals surface area contributed by atoms with E-state index in [1.807, 2.05) is 37.3 Å². The fraction of sp³-hybridized carbons (Fsp3) is 0.182. The minimum atomic E-state index is -0.334. The van der Waals surface area contributed by atoms with E-state index in [1.54, 1.807) is 12.1 Å². The summed E-state index contributed by atoms with van der Waals surface area (Å²) >= 11 is 0. The highest BCUT2D eigenvalue weighted by Crippen LogP contribution is 2.29. The lowest BCUT2D eigenvalue weighted by molar-refractivity contribution is -0.134. The minimum Gasteiger partial charge on any atom is -0.269 e. The number of benzene rings is 1. The Labute approximate surface area is 162 Å². The first-order chi connectivity index (χ1) is 13.4. The molecule has 1 aromatic rings. The van der Waals surface area contributed by atoms with Gasteiger partial charge < -0.3 is 0 Å². The molecule has 0 fully saturated rings. The molecule has 0 saturated heterocycles. The third-order valence-corrected chi connectivity index (χ3v) is 5.17.